The van der Waals surface area contributed by atoms with E-state index in [1.807, 2.05) is 13.0 Å². The Balaban J connectivity index is 2.81. The average molecular weight is 380 g/mol. The molecule has 0 aliphatic carbocycles. The topological polar surface area (TPSA) is 99.9 Å². The monoisotopic (exact) mass is 380 g/mol. The molecule has 1 amide bonds. The number of rotatable bonds is 6. The fourth-order valence-electron chi connectivity index (χ4n) is 2.17. The number of aryl methyl sites for hydroxylation is 1. The third-order valence-electron chi connectivity index (χ3n) is 3.21. The number of anilines is 1. The second-order valence-corrected chi connectivity index (χ2v) is 8.47. The van der Waals surface area contributed by atoms with Crippen LogP contribution in [0.5, 0.6) is 5.75 Å². The van der Waals surface area contributed by atoms with Crippen molar-refractivity contribution in [2.45, 2.75) is 72.1 Å². The summed E-state index contributed by atoms with van der Waals surface area (Å²) in [4.78, 5) is 24.3. The molecule has 0 aliphatic rings. The molecule has 0 saturated heterocycles. The summed E-state index contributed by atoms with van der Waals surface area (Å²) in [7, 11) is 0. The van der Waals surface area contributed by atoms with Crippen molar-refractivity contribution >= 4 is 17.7 Å². The molecule has 0 aliphatic heterocycles. The van der Waals surface area contributed by atoms with E-state index >= 15 is 0 Å². The second-order valence-electron chi connectivity index (χ2n) is 8.47. The average Bonchev–Trinajstić information content (AvgIpc) is 2.43. The summed E-state index contributed by atoms with van der Waals surface area (Å²) in [6.07, 6.45) is -0.665. The van der Waals surface area contributed by atoms with Crippen LogP contribution in [0.1, 0.15) is 53.5 Å². The minimum absolute atomic E-state index is 0.0438. The van der Waals surface area contributed by atoms with Gasteiger partial charge in [-0.05, 0) is 60.1 Å². The smallest absolute Gasteiger partial charge is 0.408 e. The van der Waals surface area contributed by atoms with E-state index in [-0.39, 0.29) is 13.0 Å². The first-order chi connectivity index (χ1) is 12.2. The summed E-state index contributed by atoms with van der Waals surface area (Å²) in [5, 5.41) is 2.68. The van der Waals surface area contributed by atoms with E-state index in [9.17, 15) is 9.59 Å². The number of benzene rings is 1. The minimum Gasteiger partial charge on any atom is -0.491 e. The molecular formula is C20H32N2O5. The number of carbonyl (C=O) groups is 2. The molecule has 27 heavy (non-hydrogen) atoms. The first-order valence-corrected chi connectivity index (χ1v) is 8.95. The van der Waals surface area contributed by atoms with Gasteiger partial charge in [-0.3, -0.25) is 4.79 Å². The van der Waals surface area contributed by atoms with Crippen LogP contribution in [-0.4, -0.2) is 35.9 Å². The Morgan fingerprint density at radius 1 is 1.07 bits per heavy atom. The molecular weight excluding hydrogens is 348 g/mol. The standard InChI is InChI=1S/C20H32N2O5/c1-13-8-9-14(21)10-16(13)25-12-15(11-17(23)26-19(2,3)4)22-18(24)27-20(5,6)7/h8-10,15H,11-12,21H2,1-7H3,(H,22,24)/t15-/m1/s1. The zero-order chi connectivity index (χ0) is 20.8. The molecule has 1 aromatic rings. The molecule has 0 saturated carbocycles. The molecule has 0 spiro atoms. The number of ether oxygens (including phenoxy) is 3. The zero-order valence-electron chi connectivity index (χ0n) is 17.3. The molecule has 152 valence electrons. The van der Waals surface area contributed by atoms with Crippen LogP contribution in [0, 0.1) is 6.92 Å². The van der Waals surface area contributed by atoms with Crippen LogP contribution in [0.25, 0.3) is 0 Å². The van der Waals surface area contributed by atoms with E-state index < -0.39 is 29.3 Å². The maximum absolute atomic E-state index is 12.2. The van der Waals surface area contributed by atoms with Crippen LogP contribution >= 0.6 is 0 Å². The Labute approximate surface area is 161 Å². The van der Waals surface area contributed by atoms with E-state index in [2.05, 4.69) is 5.32 Å². The largest absolute Gasteiger partial charge is 0.491 e. The highest BCUT2D eigenvalue weighted by Crippen LogP contribution is 2.21. The normalized spacial score (nSPS) is 12.9. The molecule has 7 heteroatoms. The van der Waals surface area contributed by atoms with Crippen molar-refractivity contribution in [1.29, 1.82) is 0 Å². The van der Waals surface area contributed by atoms with Crippen LogP contribution < -0.4 is 15.8 Å². The van der Waals surface area contributed by atoms with Gasteiger partial charge in [0.2, 0.25) is 0 Å². The molecule has 0 unspecified atom stereocenters. The third-order valence-corrected chi connectivity index (χ3v) is 3.21. The first-order valence-electron chi connectivity index (χ1n) is 8.95. The van der Waals surface area contributed by atoms with E-state index in [4.69, 9.17) is 19.9 Å². The minimum atomic E-state index is -0.647. The second kappa shape index (κ2) is 8.97. The predicted octanol–water partition coefficient (Wildman–Crippen LogP) is 3.58. The number of carbonyl (C=O) groups excluding carboxylic acids is 2. The Morgan fingerprint density at radius 2 is 1.67 bits per heavy atom. The molecule has 7 nitrogen and oxygen atoms in total. The third kappa shape index (κ3) is 9.72. The molecule has 1 atom stereocenters. The summed E-state index contributed by atoms with van der Waals surface area (Å²) in [5.41, 5.74) is 6.00. The number of nitrogens with two attached hydrogens (primary N) is 1. The summed E-state index contributed by atoms with van der Waals surface area (Å²) in [6.45, 7) is 12.6. The maximum atomic E-state index is 12.2. The van der Waals surface area contributed by atoms with Crippen molar-refractivity contribution in [1.82, 2.24) is 5.32 Å². The van der Waals surface area contributed by atoms with Crippen LogP contribution in [0.2, 0.25) is 0 Å². The molecule has 0 aromatic heterocycles. The zero-order valence-corrected chi connectivity index (χ0v) is 17.3. The van der Waals surface area contributed by atoms with Crippen molar-refractivity contribution < 1.29 is 23.8 Å². The van der Waals surface area contributed by atoms with Gasteiger partial charge < -0.3 is 25.3 Å². The fraction of sp³-hybridized carbons (Fsp3) is 0.600. The molecule has 0 fully saturated rings. The highest BCUT2D eigenvalue weighted by molar-refractivity contribution is 5.73. The van der Waals surface area contributed by atoms with Gasteiger partial charge in [0, 0.05) is 11.8 Å². The van der Waals surface area contributed by atoms with Gasteiger partial charge in [0.1, 0.15) is 23.6 Å². The number of hydrogen-bond donors (Lipinski definition) is 2. The van der Waals surface area contributed by atoms with Crippen LogP contribution in [-0.2, 0) is 14.3 Å². The molecule has 0 bridgehead atoms. The van der Waals surface area contributed by atoms with Gasteiger partial charge in [0.15, 0.2) is 0 Å². The number of alkyl carbamates (subject to hydrolysis) is 1. The Bertz CT molecular complexity index is 629. The highest BCUT2D eigenvalue weighted by Gasteiger charge is 2.25. The predicted molar refractivity (Wildman–Crippen MR) is 105 cm³/mol. The van der Waals surface area contributed by atoms with Crippen molar-refractivity contribution in [3.63, 3.8) is 0 Å². The van der Waals surface area contributed by atoms with Crippen LogP contribution in [0.4, 0.5) is 10.5 Å². The van der Waals surface area contributed by atoms with Gasteiger partial charge in [0.25, 0.3) is 0 Å². The Kier molecular flexibility index (Phi) is 7.51. The van der Waals surface area contributed by atoms with Crippen molar-refractivity contribution in [2.24, 2.45) is 0 Å². The fourth-order valence-corrected chi connectivity index (χ4v) is 2.17. The summed E-state index contributed by atoms with van der Waals surface area (Å²) >= 11 is 0. The van der Waals surface area contributed by atoms with Crippen LogP contribution in [0.15, 0.2) is 18.2 Å². The van der Waals surface area contributed by atoms with E-state index in [1.165, 1.54) is 0 Å². The number of nitrogens with one attached hydrogen (secondary N) is 1. The summed E-state index contributed by atoms with van der Waals surface area (Å²) in [5.74, 6) is 0.159. The van der Waals surface area contributed by atoms with Crippen molar-refractivity contribution in [3.8, 4) is 5.75 Å². The van der Waals surface area contributed by atoms with Gasteiger partial charge in [-0.15, -0.1) is 0 Å². The summed E-state index contributed by atoms with van der Waals surface area (Å²) < 4.78 is 16.4. The van der Waals surface area contributed by atoms with Gasteiger partial charge in [-0.25, -0.2) is 4.79 Å². The van der Waals surface area contributed by atoms with Crippen molar-refractivity contribution in [3.05, 3.63) is 23.8 Å². The van der Waals surface area contributed by atoms with E-state index in [1.54, 1.807) is 53.7 Å². The van der Waals surface area contributed by atoms with Crippen molar-refractivity contribution in [2.75, 3.05) is 12.3 Å². The maximum Gasteiger partial charge on any atom is 0.408 e. The molecule has 1 rings (SSSR count). The molecule has 3 N–H and O–H groups in total. The summed E-state index contributed by atoms with van der Waals surface area (Å²) in [6, 6.07) is 4.71. The Hall–Kier alpha value is -2.44. The van der Waals surface area contributed by atoms with Gasteiger partial charge in [-0.2, -0.15) is 0 Å². The number of esters is 1. The first kappa shape index (κ1) is 22.6. The quantitative estimate of drug-likeness (QED) is 0.578. The van der Waals surface area contributed by atoms with E-state index in [0.29, 0.717) is 11.4 Å². The molecule has 0 radical (unpaired) electrons. The van der Waals surface area contributed by atoms with Gasteiger partial charge in [-0.1, -0.05) is 6.07 Å². The SMILES string of the molecule is Cc1ccc(N)cc1OC[C@@H](CC(=O)OC(C)(C)C)NC(=O)OC(C)(C)C. The number of amides is 1. The number of hydrogen-bond acceptors (Lipinski definition) is 6. The van der Waals surface area contributed by atoms with E-state index in [0.717, 1.165) is 5.56 Å². The van der Waals surface area contributed by atoms with Gasteiger partial charge >= 0.3 is 12.1 Å². The number of nitrogen functional groups attached to an aromatic ring is 1. The molecule has 0 heterocycles. The van der Waals surface area contributed by atoms with Crippen LogP contribution in [0.3, 0.4) is 0 Å². The molecule has 1 aromatic carbocycles. The van der Waals surface area contributed by atoms with Gasteiger partial charge in [0.05, 0.1) is 12.5 Å². The lowest BCUT2D eigenvalue weighted by molar-refractivity contribution is -0.155. The Morgan fingerprint density at radius 3 is 2.22 bits per heavy atom. The lowest BCUT2D eigenvalue weighted by Gasteiger charge is -2.25. The highest BCUT2D eigenvalue weighted by atomic mass is 16.6. The lowest BCUT2D eigenvalue weighted by Crippen LogP contribution is -2.44. The lowest BCUT2D eigenvalue weighted by atomic mass is 10.1.